The van der Waals surface area contributed by atoms with E-state index in [-0.39, 0.29) is 17.2 Å². The fourth-order valence-corrected chi connectivity index (χ4v) is 3.56. The first-order chi connectivity index (χ1) is 11.0. The standard InChI is InChI=1S/C20H25NOS/c1-5-19(18-12-11-14(2)13-15(18)3)21-20(22)16(4)23-17-9-7-6-8-10-17/h6-13,16,19H,5H2,1-4H3,(H,21,22)/t16-,19+/m1/s1. The van der Waals surface area contributed by atoms with E-state index >= 15 is 0 Å². The molecule has 0 spiro atoms. The summed E-state index contributed by atoms with van der Waals surface area (Å²) in [5, 5.41) is 3.09. The summed E-state index contributed by atoms with van der Waals surface area (Å²) in [6.07, 6.45) is 0.887. The summed E-state index contributed by atoms with van der Waals surface area (Å²) >= 11 is 1.59. The minimum Gasteiger partial charge on any atom is -0.348 e. The molecule has 1 N–H and O–H groups in total. The van der Waals surface area contributed by atoms with Gasteiger partial charge in [0.2, 0.25) is 5.91 Å². The van der Waals surface area contributed by atoms with E-state index in [4.69, 9.17) is 0 Å². The third kappa shape index (κ3) is 4.87. The molecule has 0 bridgehead atoms. The molecule has 2 aromatic carbocycles. The highest BCUT2D eigenvalue weighted by atomic mass is 32.2. The van der Waals surface area contributed by atoms with Crippen LogP contribution in [-0.2, 0) is 4.79 Å². The minimum absolute atomic E-state index is 0.0712. The highest BCUT2D eigenvalue weighted by Crippen LogP contribution is 2.25. The van der Waals surface area contributed by atoms with Crippen LogP contribution in [0.3, 0.4) is 0 Å². The van der Waals surface area contributed by atoms with Crippen LogP contribution < -0.4 is 5.32 Å². The van der Waals surface area contributed by atoms with Crippen molar-refractivity contribution in [3.63, 3.8) is 0 Å². The van der Waals surface area contributed by atoms with E-state index < -0.39 is 0 Å². The maximum Gasteiger partial charge on any atom is 0.233 e. The van der Waals surface area contributed by atoms with Crippen molar-refractivity contribution in [3.8, 4) is 0 Å². The van der Waals surface area contributed by atoms with Gasteiger partial charge >= 0.3 is 0 Å². The number of carbonyl (C=O) groups is 1. The van der Waals surface area contributed by atoms with Gasteiger partial charge in [-0.1, -0.05) is 48.9 Å². The number of aryl methyl sites for hydroxylation is 2. The Labute approximate surface area is 143 Å². The number of benzene rings is 2. The second-order valence-electron chi connectivity index (χ2n) is 5.90. The van der Waals surface area contributed by atoms with Gasteiger partial charge < -0.3 is 5.32 Å². The van der Waals surface area contributed by atoms with Gasteiger partial charge in [-0.2, -0.15) is 0 Å². The van der Waals surface area contributed by atoms with E-state index in [1.54, 1.807) is 11.8 Å². The van der Waals surface area contributed by atoms with Gasteiger partial charge in [0.25, 0.3) is 0 Å². The van der Waals surface area contributed by atoms with Crippen molar-refractivity contribution in [1.82, 2.24) is 5.32 Å². The van der Waals surface area contributed by atoms with Crippen molar-refractivity contribution >= 4 is 17.7 Å². The number of rotatable bonds is 6. The highest BCUT2D eigenvalue weighted by molar-refractivity contribution is 8.00. The molecule has 0 radical (unpaired) electrons. The van der Waals surface area contributed by atoms with E-state index in [1.165, 1.54) is 16.7 Å². The van der Waals surface area contributed by atoms with Crippen LogP contribution >= 0.6 is 11.8 Å². The Morgan fingerprint density at radius 2 is 1.83 bits per heavy atom. The predicted molar refractivity (Wildman–Crippen MR) is 98.9 cm³/mol. The van der Waals surface area contributed by atoms with Crippen LogP contribution in [0, 0.1) is 13.8 Å². The molecular weight excluding hydrogens is 302 g/mol. The summed E-state index contributed by atoms with van der Waals surface area (Å²) in [5.41, 5.74) is 3.70. The number of carbonyl (C=O) groups excluding carboxylic acids is 1. The molecule has 0 aliphatic heterocycles. The maximum absolute atomic E-state index is 12.5. The zero-order valence-electron chi connectivity index (χ0n) is 14.3. The minimum atomic E-state index is -0.114. The molecule has 122 valence electrons. The summed E-state index contributed by atoms with van der Waals surface area (Å²) < 4.78 is 0. The van der Waals surface area contributed by atoms with Crippen LogP contribution in [-0.4, -0.2) is 11.2 Å². The summed E-state index contributed by atoms with van der Waals surface area (Å²) in [7, 11) is 0. The van der Waals surface area contributed by atoms with Gasteiger partial charge in [-0.3, -0.25) is 4.79 Å². The lowest BCUT2D eigenvalue weighted by Crippen LogP contribution is -2.34. The smallest absolute Gasteiger partial charge is 0.233 e. The molecule has 2 nitrogen and oxygen atoms in total. The lowest BCUT2D eigenvalue weighted by molar-refractivity contribution is -0.121. The monoisotopic (exact) mass is 327 g/mol. The van der Waals surface area contributed by atoms with E-state index in [0.29, 0.717) is 0 Å². The number of amides is 1. The Kier molecular flexibility index (Phi) is 6.28. The molecule has 2 aromatic rings. The van der Waals surface area contributed by atoms with Crippen LogP contribution in [0.5, 0.6) is 0 Å². The van der Waals surface area contributed by atoms with Crippen molar-refractivity contribution in [2.24, 2.45) is 0 Å². The molecule has 0 unspecified atom stereocenters. The molecule has 0 fully saturated rings. The van der Waals surface area contributed by atoms with Crippen molar-refractivity contribution < 1.29 is 4.79 Å². The average molecular weight is 327 g/mol. The van der Waals surface area contributed by atoms with Crippen LogP contribution in [0.2, 0.25) is 0 Å². The Morgan fingerprint density at radius 1 is 1.13 bits per heavy atom. The Balaban J connectivity index is 2.04. The van der Waals surface area contributed by atoms with E-state index in [1.807, 2.05) is 37.3 Å². The normalized spacial score (nSPS) is 13.4. The lowest BCUT2D eigenvalue weighted by atomic mass is 9.97. The van der Waals surface area contributed by atoms with Crippen LogP contribution in [0.25, 0.3) is 0 Å². The quantitative estimate of drug-likeness (QED) is 0.752. The molecule has 3 heteroatoms. The van der Waals surface area contributed by atoms with Crippen LogP contribution in [0.1, 0.15) is 43.0 Å². The summed E-state index contributed by atoms with van der Waals surface area (Å²) in [6.45, 7) is 8.27. The van der Waals surface area contributed by atoms with Crippen LogP contribution in [0.4, 0.5) is 0 Å². The largest absolute Gasteiger partial charge is 0.348 e. The van der Waals surface area contributed by atoms with Gasteiger partial charge in [0, 0.05) is 4.90 Å². The van der Waals surface area contributed by atoms with Gasteiger partial charge in [-0.05, 0) is 50.5 Å². The van der Waals surface area contributed by atoms with E-state index in [0.717, 1.165) is 11.3 Å². The average Bonchev–Trinajstić information content (AvgIpc) is 2.54. The molecule has 0 aliphatic rings. The first-order valence-corrected chi connectivity index (χ1v) is 8.98. The first kappa shape index (κ1) is 17.6. The third-order valence-electron chi connectivity index (χ3n) is 3.95. The van der Waals surface area contributed by atoms with Gasteiger partial charge in [0.05, 0.1) is 11.3 Å². The molecular formula is C20H25NOS. The molecule has 0 aromatic heterocycles. The number of thioether (sulfide) groups is 1. The maximum atomic E-state index is 12.5. The molecule has 0 aliphatic carbocycles. The Bertz CT molecular complexity index is 654. The molecule has 1 amide bonds. The van der Waals surface area contributed by atoms with E-state index in [9.17, 15) is 4.79 Å². The molecule has 23 heavy (non-hydrogen) atoms. The summed E-state index contributed by atoms with van der Waals surface area (Å²) in [4.78, 5) is 13.7. The molecule has 0 saturated carbocycles. The Hall–Kier alpha value is -1.74. The second kappa shape index (κ2) is 8.21. The molecule has 2 atom stereocenters. The van der Waals surface area contributed by atoms with Crippen molar-refractivity contribution in [2.75, 3.05) is 0 Å². The van der Waals surface area contributed by atoms with E-state index in [2.05, 4.69) is 44.3 Å². The zero-order valence-corrected chi connectivity index (χ0v) is 15.1. The topological polar surface area (TPSA) is 29.1 Å². The first-order valence-electron chi connectivity index (χ1n) is 8.10. The van der Waals surface area contributed by atoms with Crippen molar-refractivity contribution in [2.45, 2.75) is 50.3 Å². The lowest BCUT2D eigenvalue weighted by Gasteiger charge is -2.22. The number of nitrogens with one attached hydrogen (secondary N) is 1. The summed E-state index contributed by atoms with van der Waals surface area (Å²) in [6, 6.07) is 16.5. The number of hydrogen-bond donors (Lipinski definition) is 1. The van der Waals surface area contributed by atoms with Crippen molar-refractivity contribution in [3.05, 3.63) is 65.2 Å². The zero-order chi connectivity index (χ0) is 16.8. The highest BCUT2D eigenvalue weighted by Gasteiger charge is 2.19. The van der Waals surface area contributed by atoms with Gasteiger partial charge in [0.15, 0.2) is 0 Å². The van der Waals surface area contributed by atoms with Gasteiger partial charge in [0.1, 0.15) is 0 Å². The van der Waals surface area contributed by atoms with Crippen LogP contribution in [0.15, 0.2) is 53.4 Å². The molecule has 2 rings (SSSR count). The summed E-state index contributed by atoms with van der Waals surface area (Å²) in [5.74, 6) is 0.0886. The fourth-order valence-electron chi connectivity index (χ4n) is 2.66. The van der Waals surface area contributed by atoms with Gasteiger partial charge in [-0.25, -0.2) is 0 Å². The van der Waals surface area contributed by atoms with Crippen molar-refractivity contribution in [1.29, 1.82) is 0 Å². The second-order valence-corrected chi connectivity index (χ2v) is 7.32. The fraction of sp³-hybridized carbons (Fsp3) is 0.350. The Morgan fingerprint density at radius 3 is 2.43 bits per heavy atom. The SMILES string of the molecule is CC[C@H](NC(=O)[C@@H](C)Sc1ccccc1)c1ccc(C)cc1C. The third-order valence-corrected chi connectivity index (χ3v) is 5.06. The molecule has 0 heterocycles. The van der Waals surface area contributed by atoms with Gasteiger partial charge in [-0.15, -0.1) is 11.8 Å². The molecule has 0 saturated heterocycles. The number of hydrogen-bond acceptors (Lipinski definition) is 2. The predicted octanol–water partition coefficient (Wildman–Crippen LogP) is 5.05.